The molecule has 4 nitrogen and oxygen atoms in total. The quantitative estimate of drug-likeness (QED) is 0.770. The van der Waals surface area contributed by atoms with Crippen molar-refractivity contribution < 1.29 is 13.2 Å². The number of rotatable bonds is 7. The van der Waals surface area contributed by atoms with Crippen molar-refractivity contribution in [2.75, 3.05) is 12.9 Å². The molecule has 0 unspecified atom stereocenters. The topological polar surface area (TPSA) is 55.4 Å². The molecule has 2 aromatic carbocycles. The fourth-order valence-corrected chi connectivity index (χ4v) is 3.78. The largest absolute Gasteiger partial charge is 0.494 e. The van der Waals surface area contributed by atoms with E-state index in [0.717, 1.165) is 10.5 Å². The van der Waals surface area contributed by atoms with Crippen LogP contribution < -0.4 is 9.46 Å². The fraction of sp³-hybridized carbons (Fsp3) is 0.294. The number of hydrogen-bond donors (Lipinski definition) is 1. The molecule has 0 saturated heterocycles. The van der Waals surface area contributed by atoms with E-state index in [4.69, 9.17) is 4.74 Å². The highest BCUT2D eigenvalue weighted by molar-refractivity contribution is 7.98. The Bertz CT molecular complexity index is 725. The summed E-state index contributed by atoms with van der Waals surface area (Å²) in [6.07, 6.45) is 2.01. The molecule has 0 aliphatic carbocycles. The number of thioether (sulfide) groups is 1. The lowest BCUT2D eigenvalue weighted by atomic mass is 10.1. The predicted molar refractivity (Wildman–Crippen MR) is 94.6 cm³/mol. The molecule has 0 spiro atoms. The third-order valence-electron chi connectivity index (χ3n) is 3.39. The fourth-order valence-electron chi connectivity index (χ4n) is 2.14. The highest BCUT2D eigenvalue weighted by Gasteiger charge is 2.18. The number of nitrogens with one attached hydrogen (secondary N) is 1. The van der Waals surface area contributed by atoms with Crippen LogP contribution >= 0.6 is 11.8 Å². The molecule has 0 radical (unpaired) electrons. The van der Waals surface area contributed by atoms with Gasteiger partial charge < -0.3 is 4.74 Å². The Kier molecular flexibility index (Phi) is 6.10. The second-order valence-electron chi connectivity index (χ2n) is 5.02. The number of hydrogen-bond acceptors (Lipinski definition) is 4. The van der Waals surface area contributed by atoms with Crippen LogP contribution in [-0.2, 0) is 10.0 Å². The molecule has 124 valence electrons. The Labute approximate surface area is 142 Å². The first kappa shape index (κ1) is 17.8. The zero-order valence-corrected chi connectivity index (χ0v) is 15.1. The molecule has 0 amide bonds. The van der Waals surface area contributed by atoms with Crippen molar-refractivity contribution in [3.8, 4) is 5.75 Å². The van der Waals surface area contributed by atoms with Crippen LogP contribution in [0, 0.1) is 0 Å². The summed E-state index contributed by atoms with van der Waals surface area (Å²) in [5, 5.41) is 0. The van der Waals surface area contributed by atoms with Gasteiger partial charge in [0, 0.05) is 10.9 Å². The summed E-state index contributed by atoms with van der Waals surface area (Å²) in [6.45, 7) is 4.27. The zero-order valence-electron chi connectivity index (χ0n) is 13.4. The Morgan fingerprint density at radius 1 is 1.09 bits per heavy atom. The first-order chi connectivity index (χ1) is 11.0. The molecule has 0 aliphatic heterocycles. The maximum atomic E-state index is 12.5. The minimum atomic E-state index is -3.57. The Balaban J connectivity index is 2.12. The van der Waals surface area contributed by atoms with Crippen molar-refractivity contribution in [3.05, 3.63) is 54.1 Å². The van der Waals surface area contributed by atoms with Gasteiger partial charge in [0.2, 0.25) is 10.0 Å². The molecule has 0 aromatic heterocycles. The molecule has 23 heavy (non-hydrogen) atoms. The maximum absolute atomic E-state index is 12.5. The molecule has 0 heterocycles. The lowest BCUT2D eigenvalue weighted by molar-refractivity contribution is 0.340. The smallest absolute Gasteiger partial charge is 0.241 e. The van der Waals surface area contributed by atoms with Gasteiger partial charge in [-0.15, -0.1) is 11.8 Å². The monoisotopic (exact) mass is 351 g/mol. The van der Waals surface area contributed by atoms with Crippen LogP contribution in [-0.4, -0.2) is 21.3 Å². The van der Waals surface area contributed by atoms with Gasteiger partial charge in [0.15, 0.2) is 0 Å². The van der Waals surface area contributed by atoms with E-state index in [-0.39, 0.29) is 10.9 Å². The molecule has 2 aromatic rings. The van der Waals surface area contributed by atoms with Crippen LogP contribution in [0.5, 0.6) is 5.75 Å². The summed E-state index contributed by atoms with van der Waals surface area (Å²) in [7, 11) is -3.57. The molecule has 0 saturated carbocycles. The second-order valence-corrected chi connectivity index (χ2v) is 7.61. The van der Waals surface area contributed by atoms with Crippen LogP contribution in [0.2, 0.25) is 0 Å². The van der Waals surface area contributed by atoms with Crippen molar-refractivity contribution in [2.24, 2.45) is 0 Å². The van der Waals surface area contributed by atoms with Gasteiger partial charge in [-0.25, -0.2) is 13.1 Å². The molecule has 0 fully saturated rings. The summed E-state index contributed by atoms with van der Waals surface area (Å²) < 4.78 is 32.9. The van der Waals surface area contributed by atoms with Crippen LogP contribution in [0.4, 0.5) is 0 Å². The van der Waals surface area contributed by atoms with Crippen molar-refractivity contribution in [3.63, 3.8) is 0 Å². The normalized spacial score (nSPS) is 12.8. The standard InChI is InChI=1S/C17H21NO3S2/c1-4-21-15-7-11-17(12-8-15)23(19,20)18-13(2)14-5-9-16(22-3)10-6-14/h5-13,18H,4H2,1-3H3/t13-/m1/s1. The second kappa shape index (κ2) is 7.86. The molecular weight excluding hydrogens is 330 g/mol. The lowest BCUT2D eigenvalue weighted by Crippen LogP contribution is -2.26. The third-order valence-corrected chi connectivity index (χ3v) is 5.69. The van der Waals surface area contributed by atoms with Crippen molar-refractivity contribution >= 4 is 21.8 Å². The van der Waals surface area contributed by atoms with E-state index in [2.05, 4.69) is 4.72 Å². The Morgan fingerprint density at radius 3 is 2.22 bits per heavy atom. The van der Waals surface area contributed by atoms with E-state index in [9.17, 15) is 8.42 Å². The highest BCUT2D eigenvalue weighted by Crippen LogP contribution is 2.22. The molecule has 1 atom stereocenters. The number of sulfonamides is 1. The van der Waals surface area contributed by atoms with Crippen LogP contribution in [0.15, 0.2) is 58.3 Å². The van der Waals surface area contributed by atoms with E-state index in [1.54, 1.807) is 36.0 Å². The summed E-state index contributed by atoms with van der Waals surface area (Å²) in [5.74, 6) is 0.659. The minimum Gasteiger partial charge on any atom is -0.494 e. The van der Waals surface area contributed by atoms with Crippen LogP contribution in [0.3, 0.4) is 0 Å². The van der Waals surface area contributed by atoms with Gasteiger partial charge in [0.1, 0.15) is 5.75 Å². The molecule has 2 rings (SSSR count). The summed E-state index contributed by atoms with van der Waals surface area (Å²) in [5.41, 5.74) is 0.928. The van der Waals surface area contributed by atoms with Gasteiger partial charge in [-0.3, -0.25) is 0 Å². The van der Waals surface area contributed by atoms with E-state index < -0.39 is 10.0 Å². The number of ether oxygens (including phenoxy) is 1. The van der Waals surface area contributed by atoms with E-state index >= 15 is 0 Å². The average Bonchev–Trinajstić information content (AvgIpc) is 2.55. The summed E-state index contributed by atoms with van der Waals surface area (Å²) in [4.78, 5) is 1.38. The highest BCUT2D eigenvalue weighted by atomic mass is 32.2. The number of benzene rings is 2. The molecule has 0 aliphatic rings. The predicted octanol–water partition coefficient (Wildman–Crippen LogP) is 3.85. The van der Waals surface area contributed by atoms with Crippen LogP contribution in [0.1, 0.15) is 25.5 Å². The first-order valence-electron chi connectivity index (χ1n) is 7.35. The summed E-state index contributed by atoms with van der Waals surface area (Å²) in [6, 6.07) is 14.0. The maximum Gasteiger partial charge on any atom is 0.241 e. The third kappa shape index (κ3) is 4.73. The van der Waals surface area contributed by atoms with Gasteiger partial charge >= 0.3 is 0 Å². The zero-order chi connectivity index (χ0) is 16.9. The Hall–Kier alpha value is -1.50. The van der Waals surface area contributed by atoms with Gasteiger partial charge in [0.05, 0.1) is 11.5 Å². The molecular formula is C17H21NO3S2. The molecule has 6 heteroatoms. The van der Waals surface area contributed by atoms with Crippen molar-refractivity contribution in [2.45, 2.75) is 29.7 Å². The van der Waals surface area contributed by atoms with E-state index in [0.29, 0.717) is 12.4 Å². The van der Waals surface area contributed by atoms with Gasteiger partial charge in [0.25, 0.3) is 0 Å². The van der Waals surface area contributed by atoms with Gasteiger partial charge in [-0.1, -0.05) is 12.1 Å². The lowest BCUT2D eigenvalue weighted by Gasteiger charge is -2.15. The SMILES string of the molecule is CCOc1ccc(S(=O)(=O)N[C@H](C)c2ccc(SC)cc2)cc1. The van der Waals surface area contributed by atoms with E-state index in [1.165, 1.54) is 0 Å². The average molecular weight is 351 g/mol. The molecule has 0 bridgehead atoms. The molecule has 1 N–H and O–H groups in total. The minimum absolute atomic E-state index is 0.230. The van der Waals surface area contributed by atoms with Gasteiger partial charge in [-0.2, -0.15) is 0 Å². The van der Waals surface area contributed by atoms with Crippen molar-refractivity contribution in [1.82, 2.24) is 4.72 Å². The van der Waals surface area contributed by atoms with E-state index in [1.807, 2.05) is 44.4 Å². The van der Waals surface area contributed by atoms with Crippen molar-refractivity contribution in [1.29, 1.82) is 0 Å². The van der Waals surface area contributed by atoms with Crippen LogP contribution in [0.25, 0.3) is 0 Å². The Morgan fingerprint density at radius 2 is 1.70 bits per heavy atom. The summed E-state index contributed by atoms with van der Waals surface area (Å²) >= 11 is 1.65. The van der Waals surface area contributed by atoms with Gasteiger partial charge in [-0.05, 0) is 62.1 Å². The first-order valence-corrected chi connectivity index (χ1v) is 10.1.